The fourth-order valence-electron chi connectivity index (χ4n) is 6.38. The first kappa shape index (κ1) is 25.2. The van der Waals surface area contributed by atoms with Gasteiger partial charge in [0.05, 0.1) is 16.8 Å². The summed E-state index contributed by atoms with van der Waals surface area (Å²) < 4.78 is 2.46. The minimum Gasteiger partial charge on any atom is -0.335 e. The third kappa shape index (κ3) is 4.55. The topological polar surface area (TPSA) is 47.8 Å². The molecular formula is C37H31N3O. The van der Waals surface area contributed by atoms with E-state index in [-0.39, 0.29) is 11.8 Å². The van der Waals surface area contributed by atoms with E-state index in [9.17, 15) is 4.79 Å². The molecule has 0 amide bonds. The molecule has 0 bridgehead atoms. The van der Waals surface area contributed by atoms with E-state index in [2.05, 4.69) is 53.1 Å². The number of hydrogen-bond donors (Lipinski definition) is 0. The average molecular weight is 535 g/mol. The van der Waals surface area contributed by atoms with Gasteiger partial charge in [0.2, 0.25) is 0 Å². The highest BCUT2D eigenvalue weighted by molar-refractivity contribution is 6.24. The Hall–Kier alpha value is -4.83. The summed E-state index contributed by atoms with van der Waals surface area (Å²) in [6.07, 6.45) is 5.73. The second-order valence-corrected chi connectivity index (χ2v) is 10.8. The molecule has 1 aliphatic carbocycles. The molecule has 2 heterocycles. The summed E-state index contributed by atoms with van der Waals surface area (Å²) in [4.78, 5) is 14.7. The molecule has 0 radical (unpaired) electrons. The van der Waals surface area contributed by atoms with Gasteiger partial charge in [0.25, 0.3) is 0 Å². The van der Waals surface area contributed by atoms with Gasteiger partial charge in [0.15, 0.2) is 5.78 Å². The fraction of sp³-hybridized carbons (Fsp3) is 0.162. The lowest BCUT2D eigenvalue weighted by atomic mass is 9.93. The molecule has 1 fully saturated rings. The van der Waals surface area contributed by atoms with E-state index in [4.69, 9.17) is 10.2 Å². The van der Waals surface area contributed by atoms with Gasteiger partial charge in [-0.3, -0.25) is 4.79 Å². The Morgan fingerprint density at radius 2 is 1.07 bits per heavy atom. The van der Waals surface area contributed by atoms with E-state index in [1.54, 1.807) is 0 Å². The van der Waals surface area contributed by atoms with E-state index >= 15 is 0 Å². The highest BCUT2D eigenvalue weighted by atomic mass is 16.1. The molecular weight excluding hydrogens is 503 g/mol. The van der Waals surface area contributed by atoms with Crippen LogP contribution in [0.2, 0.25) is 0 Å². The number of fused-ring (bicyclic) bond motifs is 1. The van der Waals surface area contributed by atoms with Crippen LogP contribution in [0, 0.1) is 0 Å². The Morgan fingerprint density at radius 1 is 0.585 bits per heavy atom. The second-order valence-electron chi connectivity index (χ2n) is 10.8. The predicted octanol–water partition coefficient (Wildman–Crippen LogP) is 9.17. The standard InChI is InChI=1S/C37H31N3O/c41-37(29-22-12-4-13-23-29)32-31-33(26-16-6-1-7-17-26)38-39-34(27-18-8-2-9-19-27)36(31)40(30-24-14-5-15-25-30)35(32)28-20-10-3-11-21-28/h1-4,6-13,16-23,30H,5,14-15,24-25H2/i34+1. The van der Waals surface area contributed by atoms with Crippen molar-refractivity contribution in [2.45, 2.75) is 38.1 Å². The molecule has 7 rings (SSSR count). The highest BCUT2D eigenvalue weighted by Crippen LogP contribution is 2.46. The Bertz CT molecular complexity index is 1800. The van der Waals surface area contributed by atoms with Crippen molar-refractivity contribution >= 4 is 16.7 Å². The molecule has 1 aliphatic rings. The number of carbonyl (C=O) groups is 1. The normalized spacial score (nSPS) is 13.9. The molecule has 4 nitrogen and oxygen atoms in total. The first-order chi connectivity index (χ1) is 20.3. The Labute approximate surface area is 240 Å². The van der Waals surface area contributed by atoms with Crippen LogP contribution in [-0.2, 0) is 0 Å². The van der Waals surface area contributed by atoms with Crippen molar-refractivity contribution in [2.75, 3.05) is 0 Å². The van der Waals surface area contributed by atoms with Crippen LogP contribution in [0.25, 0.3) is 44.7 Å². The molecule has 6 aromatic rings. The maximum atomic E-state index is 14.7. The maximum absolute atomic E-state index is 14.7. The van der Waals surface area contributed by atoms with Crippen LogP contribution in [0.1, 0.15) is 54.1 Å². The molecule has 0 aliphatic heterocycles. The lowest BCUT2D eigenvalue weighted by Gasteiger charge is -2.27. The largest absolute Gasteiger partial charge is 0.335 e. The third-order valence-corrected chi connectivity index (χ3v) is 8.26. The molecule has 0 saturated heterocycles. The van der Waals surface area contributed by atoms with Gasteiger partial charge in [-0.05, 0) is 18.4 Å². The van der Waals surface area contributed by atoms with Crippen molar-refractivity contribution < 1.29 is 4.79 Å². The number of ketones is 1. The van der Waals surface area contributed by atoms with E-state index in [1.165, 1.54) is 19.3 Å². The van der Waals surface area contributed by atoms with Gasteiger partial charge in [-0.25, -0.2) is 0 Å². The summed E-state index contributed by atoms with van der Waals surface area (Å²) >= 11 is 0. The molecule has 4 heteroatoms. The highest BCUT2D eigenvalue weighted by Gasteiger charge is 2.33. The summed E-state index contributed by atoms with van der Waals surface area (Å²) in [6, 6.07) is 40.7. The smallest absolute Gasteiger partial charge is 0.195 e. The SMILES string of the molecule is O=C(c1ccccc1)c1c(-c2ccccc2)n(C2CCCCC2)c2c1c(-c1ccccc1)nn[13c]2-c1ccccc1. The van der Waals surface area contributed by atoms with E-state index in [0.717, 1.165) is 57.5 Å². The molecule has 0 unspecified atom stereocenters. The minimum atomic E-state index is 0.00760. The summed E-state index contributed by atoms with van der Waals surface area (Å²) in [5.41, 5.74) is 7.87. The zero-order chi connectivity index (χ0) is 27.6. The van der Waals surface area contributed by atoms with Gasteiger partial charge in [-0.2, -0.15) is 0 Å². The van der Waals surface area contributed by atoms with Crippen LogP contribution in [0.5, 0.6) is 0 Å². The Kier molecular flexibility index (Phi) is 6.73. The van der Waals surface area contributed by atoms with Gasteiger partial charge in [0, 0.05) is 28.1 Å². The number of rotatable bonds is 6. The predicted molar refractivity (Wildman–Crippen MR) is 166 cm³/mol. The fourth-order valence-corrected chi connectivity index (χ4v) is 6.38. The van der Waals surface area contributed by atoms with Crippen molar-refractivity contribution in [1.82, 2.24) is 14.8 Å². The van der Waals surface area contributed by atoms with E-state index < -0.39 is 0 Å². The van der Waals surface area contributed by atoms with Crippen LogP contribution in [0.3, 0.4) is 0 Å². The monoisotopic (exact) mass is 534 g/mol. The first-order valence-electron chi connectivity index (χ1n) is 14.5. The number of aromatic nitrogens is 3. The lowest BCUT2D eigenvalue weighted by molar-refractivity contribution is 0.104. The van der Waals surface area contributed by atoms with E-state index in [0.29, 0.717) is 11.1 Å². The van der Waals surface area contributed by atoms with Crippen LogP contribution in [0.15, 0.2) is 121 Å². The van der Waals surface area contributed by atoms with Crippen molar-refractivity contribution in [3.8, 4) is 33.8 Å². The molecule has 2 aromatic heterocycles. The van der Waals surface area contributed by atoms with Crippen molar-refractivity contribution in [3.63, 3.8) is 0 Å². The zero-order valence-electron chi connectivity index (χ0n) is 22.9. The van der Waals surface area contributed by atoms with Crippen LogP contribution in [-0.4, -0.2) is 20.5 Å². The summed E-state index contributed by atoms with van der Waals surface area (Å²) in [5, 5.41) is 10.7. The van der Waals surface area contributed by atoms with Gasteiger partial charge >= 0.3 is 0 Å². The molecule has 0 spiro atoms. The average Bonchev–Trinajstić information content (AvgIpc) is 3.42. The number of nitrogens with zero attached hydrogens (tertiary/aromatic N) is 3. The van der Waals surface area contributed by atoms with Crippen molar-refractivity contribution in [3.05, 3.63) is 132 Å². The molecule has 0 N–H and O–H groups in total. The number of benzene rings is 4. The van der Waals surface area contributed by atoms with Crippen LogP contribution >= 0.6 is 0 Å². The molecule has 0 atom stereocenters. The van der Waals surface area contributed by atoms with Crippen molar-refractivity contribution in [2.24, 2.45) is 0 Å². The van der Waals surface area contributed by atoms with E-state index in [1.807, 2.05) is 72.8 Å². The quantitative estimate of drug-likeness (QED) is 0.200. The molecule has 4 aromatic carbocycles. The lowest BCUT2D eigenvalue weighted by Crippen LogP contribution is -2.15. The number of carbonyl (C=O) groups excluding carboxylic acids is 1. The summed E-state index contributed by atoms with van der Waals surface area (Å²) in [6.45, 7) is 0. The summed E-state index contributed by atoms with van der Waals surface area (Å²) in [5.74, 6) is 0.00760. The second kappa shape index (κ2) is 11.0. The third-order valence-electron chi connectivity index (χ3n) is 8.26. The van der Waals surface area contributed by atoms with Gasteiger partial charge in [0.1, 0.15) is 11.4 Å². The first-order valence-corrected chi connectivity index (χ1v) is 14.5. The Morgan fingerprint density at radius 3 is 1.66 bits per heavy atom. The maximum Gasteiger partial charge on any atom is 0.195 e. The molecule has 41 heavy (non-hydrogen) atoms. The molecule has 200 valence electrons. The zero-order valence-corrected chi connectivity index (χ0v) is 22.9. The summed E-state index contributed by atoms with van der Waals surface area (Å²) in [7, 11) is 0. The minimum absolute atomic E-state index is 0.00760. The van der Waals surface area contributed by atoms with Gasteiger partial charge < -0.3 is 4.57 Å². The Balaban J connectivity index is 1.69. The number of hydrogen-bond acceptors (Lipinski definition) is 3. The van der Waals surface area contributed by atoms with Gasteiger partial charge in [-0.1, -0.05) is 141 Å². The van der Waals surface area contributed by atoms with Crippen LogP contribution < -0.4 is 0 Å². The van der Waals surface area contributed by atoms with Crippen LogP contribution in [0.4, 0.5) is 0 Å². The molecule has 1 saturated carbocycles. The van der Waals surface area contributed by atoms with Crippen molar-refractivity contribution in [1.29, 1.82) is 0 Å². The van der Waals surface area contributed by atoms with Gasteiger partial charge in [-0.15, -0.1) is 10.2 Å².